The van der Waals surface area contributed by atoms with E-state index in [0.717, 1.165) is 53.5 Å². The maximum absolute atomic E-state index is 4.84. The molecule has 0 bridgehead atoms. The Morgan fingerprint density at radius 1 is 1.29 bits per heavy atom. The fraction of sp³-hybridized carbons (Fsp3) is 0.278. The van der Waals surface area contributed by atoms with Gasteiger partial charge in [-0.3, -0.25) is 9.67 Å². The monoisotopic (exact) mass is 320 g/mol. The number of allylic oxidation sites excluding steroid dienone is 2. The number of nitrogens with zero attached hydrogens (tertiary/aromatic N) is 5. The lowest BCUT2D eigenvalue weighted by Crippen LogP contribution is -2.37. The van der Waals surface area contributed by atoms with Gasteiger partial charge in [0.2, 0.25) is 0 Å². The van der Waals surface area contributed by atoms with Gasteiger partial charge in [0.05, 0.1) is 18.1 Å². The van der Waals surface area contributed by atoms with E-state index in [-0.39, 0.29) is 0 Å². The predicted octanol–water partition coefficient (Wildman–Crippen LogP) is 2.49. The summed E-state index contributed by atoms with van der Waals surface area (Å²) < 4.78 is 1.77. The quantitative estimate of drug-likeness (QED) is 0.941. The van der Waals surface area contributed by atoms with Crippen molar-refractivity contribution in [1.82, 2.24) is 25.1 Å². The number of anilines is 1. The zero-order chi connectivity index (χ0) is 16.7. The minimum absolute atomic E-state index is 0.359. The third-order valence-electron chi connectivity index (χ3n) is 4.42. The molecule has 4 heterocycles. The van der Waals surface area contributed by atoms with Crippen molar-refractivity contribution in [1.29, 1.82) is 0 Å². The highest BCUT2D eigenvalue weighted by Crippen LogP contribution is 2.30. The third kappa shape index (κ3) is 2.60. The van der Waals surface area contributed by atoms with Gasteiger partial charge < -0.3 is 10.2 Å². The maximum atomic E-state index is 4.84. The third-order valence-corrected chi connectivity index (χ3v) is 4.42. The fourth-order valence-electron chi connectivity index (χ4n) is 3.14. The minimum atomic E-state index is 0.359. The number of rotatable bonds is 3. The summed E-state index contributed by atoms with van der Waals surface area (Å²) in [5, 5.41) is 7.65. The molecule has 1 saturated heterocycles. The molecule has 2 aromatic rings. The summed E-state index contributed by atoms with van der Waals surface area (Å²) in [6, 6.07) is 0.359. The van der Waals surface area contributed by atoms with Gasteiger partial charge in [0.1, 0.15) is 5.69 Å². The second kappa shape index (κ2) is 5.63. The Bertz CT molecular complexity index is 847. The van der Waals surface area contributed by atoms with Crippen LogP contribution in [0.25, 0.3) is 17.3 Å². The van der Waals surface area contributed by atoms with Crippen molar-refractivity contribution in [2.45, 2.75) is 18.9 Å². The topological polar surface area (TPSA) is 58.9 Å². The van der Waals surface area contributed by atoms with Crippen LogP contribution in [-0.4, -0.2) is 32.3 Å². The molecular formula is C18H20N6. The van der Waals surface area contributed by atoms with Crippen molar-refractivity contribution in [3.63, 3.8) is 0 Å². The second-order valence-corrected chi connectivity index (χ2v) is 6.29. The standard InChI is InChI=1S/C18H20N6/c1-12-4-6-15(21-12)11-24-13(2)5-7-16-18(24)22-17(9-19-16)14-8-20-23(3)10-14/h5,7-10,15,21H,1-2,4,6,11H2,3H3. The van der Waals surface area contributed by atoms with Crippen molar-refractivity contribution >= 4 is 11.9 Å². The van der Waals surface area contributed by atoms with Crippen LogP contribution < -0.4 is 10.2 Å². The fourth-order valence-corrected chi connectivity index (χ4v) is 3.14. The van der Waals surface area contributed by atoms with E-state index in [0.29, 0.717) is 6.04 Å². The molecule has 6 heteroatoms. The molecule has 24 heavy (non-hydrogen) atoms. The Balaban J connectivity index is 1.68. The molecule has 4 rings (SSSR count). The molecular weight excluding hydrogens is 300 g/mol. The van der Waals surface area contributed by atoms with Crippen molar-refractivity contribution in [3.8, 4) is 11.3 Å². The van der Waals surface area contributed by atoms with Crippen molar-refractivity contribution in [2.24, 2.45) is 7.05 Å². The van der Waals surface area contributed by atoms with Crippen LogP contribution in [0.5, 0.6) is 0 Å². The Hall–Kier alpha value is -2.89. The van der Waals surface area contributed by atoms with Gasteiger partial charge in [-0.05, 0) is 25.0 Å². The lowest BCUT2D eigenvalue weighted by atomic mass is 10.1. The predicted molar refractivity (Wildman–Crippen MR) is 95.1 cm³/mol. The van der Waals surface area contributed by atoms with E-state index in [4.69, 9.17) is 4.98 Å². The Kier molecular flexibility index (Phi) is 3.45. The summed E-state index contributed by atoms with van der Waals surface area (Å²) in [5.41, 5.74) is 4.68. The van der Waals surface area contributed by atoms with E-state index in [1.807, 2.05) is 25.4 Å². The van der Waals surface area contributed by atoms with Crippen LogP contribution in [0, 0.1) is 0 Å². The molecule has 122 valence electrons. The van der Waals surface area contributed by atoms with Crippen LogP contribution in [0.15, 0.2) is 49.2 Å². The van der Waals surface area contributed by atoms with Gasteiger partial charge in [0, 0.05) is 42.8 Å². The molecule has 1 unspecified atom stereocenters. The summed E-state index contributed by atoms with van der Waals surface area (Å²) in [5.74, 6) is 0.850. The zero-order valence-electron chi connectivity index (χ0n) is 13.7. The molecule has 2 aromatic heterocycles. The first-order valence-electron chi connectivity index (χ1n) is 8.05. The SMILES string of the molecule is C=C1CCC(CN2C(=C)C=Cc3ncc(-c4cnn(C)c4)nc32)N1. The van der Waals surface area contributed by atoms with Gasteiger partial charge in [-0.25, -0.2) is 4.98 Å². The van der Waals surface area contributed by atoms with Crippen molar-refractivity contribution in [2.75, 3.05) is 11.4 Å². The number of aromatic nitrogens is 4. The molecule has 2 aliphatic heterocycles. The van der Waals surface area contributed by atoms with E-state index in [2.05, 4.69) is 33.5 Å². The van der Waals surface area contributed by atoms with Crippen LogP contribution >= 0.6 is 0 Å². The molecule has 1 N–H and O–H groups in total. The number of nitrogens with one attached hydrogen (secondary N) is 1. The molecule has 0 radical (unpaired) electrons. The molecule has 0 spiro atoms. The molecule has 0 amide bonds. The van der Waals surface area contributed by atoms with Gasteiger partial charge in [-0.2, -0.15) is 5.10 Å². The van der Waals surface area contributed by atoms with E-state index >= 15 is 0 Å². The largest absolute Gasteiger partial charge is 0.384 e. The molecule has 2 aliphatic rings. The summed E-state index contributed by atoms with van der Waals surface area (Å²) in [6.45, 7) is 8.99. The lowest BCUT2D eigenvalue weighted by Gasteiger charge is -2.30. The number of aryl methyl sites for hydroxylation is 1. The summed E-state index contributed by atoms with van der Waals surface area (Å²) in [7, 11) is 1.89. The van der Waals surface area contributed by atoms with E-state index in [9.17, 15) is 0 Å². The Morgan fingerprint density at radius 2 is 2.17 bits per heavy atom. The summed E-state index contributed by atoms with van der Waals surface area (Å²) in [4.78, 5) is 11.5. The first-order chi connectivity index (χ1) is 11.6. The van der Waals surface area contributed by atoms with E-state index < -0.39 is 0 Å². The highest BCUT2D eigenvalue weighted by Gasteiger charge is 2.25. The second-order valence-electron chi connectivity index (χ2n) is 6.29. The average molecular weight is 320 g/mol. The molecule has 6 nitrogen and oxygen atoms in total. The molecule has 0 aromatic carbocycles. The molecule has 0 saturated carbocycles. The van der Waals surface area contributed by atoms with Crippen molar-refractivity contribution in [3.05, 3.63) is 54.9 Å². The van der Waals surface area contributed by atoms with Crippen LogP contribution in [0.1, 0.15) is 18.5 Å². The van der Waals surface area contributed by atoms with Gasteiger partial charge in [-0.15, -0.1) is 0 Å². The smallest absolute Gasteiger partial charge is 0.159 e. The van der Waals surface area contributed by atoms with Gasteiger partial charge in [0.15, 0.2) is 5.82 Å². The minimum Gasteiger partial charge on any atom is -0.384 e. The van der Waals surface area contributed by atoms with E-state index in [1.54, 1.807) is 17.1 Å². The Labute approximate surface area is 141 Å². The first-order valence-corrected chi connectivity index (χ1v) is 8.05. The number of fused-ring (bicyclic) bond motifs is 1. The maximum Gasteiger partial charge on any atom is 0.159 e. The van der Waals surface area contributed by atoms with Crippen LogP contribution in [0.2, 0.25) is 0 Å². The normalized spacial score (nSPS) is 19.5. The molecule has 1 atom stereocenters. The first kappa shape index (κ1) is 14.7. The zero-order valence-corrected chi connectivity index (χ0v) is 13.7. The summed E-state index contributed by atoms with van der Waals surface area (Å²) in [6.07, 6.45) is 11.6. The highest BCUT2D eigenvalue weighted by molar-refractivity contribution is 5.73. The number of hydrogen-bond acceptors (Lipinski definition) is 5. The van der Waals surface area contributed by atoms with Gasteiger partial charge in [-0.1, -0.05) is 13.2 Å². The highest BCUT2D eigenvalue weighted by atomic mass is 15.3. The average Bonchev–Trinajstić information content (AvgIpc) is 3.18. The molecule has 1 fully saturated rings. The van der Waals surface area contributed by atoms with Crippen LogP contribution in [0.4, 0.5) is 5.82 Å². The number of hydrogen-bond donors (Lipinski definition) is 1. The van der Waals surface area contributed by atoms with E-state index in [1.165, 1.54) is 0 Å². The summed E-state index contributed by atoms with van der Waals surface area (Å²) >= 11 is 0. The van der Waals surface area contributed by atoms with Gasteiger partial charge in [0.25, 0.3) is 0 Å². The lowest BCUT2D eigenvalue weighted by molar-refractivity contribution is 0.611. The Morgan fingerprint density at radius 3 is 2.88 bits per heavy atom. The van der Waals surface area contributed by atoms with Gasteiger partial charge >= 0.3 is 0 Å². The van der Waals surface area contributed by atoms with Crippen LogP contribution in [0.3, 0.4) is 0 Å². The van der Waals surface area contributed by atoms with Crippen molar-refractivity contribution < 1.29 is 0 Å². The van der Waals surface area contributed by atoms with Crippen LogP contribution in [-0.2, 0) is 7.05 Å². The molecule has 0 aliphatic carbocycles.